The van der Waals surface area contributed by atoms with Gasteiger partial charge in [-0.3, -0.25) is 14.8 Å². The van der Waals surface area contributed by atoms with E-state index in [2.05, 4.69) is 10.3 Å². The van der Waals surface area contributed by atoms with Gasteiger partial charge in [0.25, 0.3) is 11.8 Å². The van der Waals surface area contributed by atoms with Crippen LogP contribution in [0.1, 0.15) is 17.3 Å². The van der Waals surface area contributed by atoms with E-state index in [-0.39, 0.29) is 6.54 Å². The predicted octanol–water partition coefficient (Wildman–Crippen LogP) is 0.784. The summed E-state index contributed by atoms with van der Waals surface area (Å²) in [6, 6.07) is 9.78. The zero-order valence-electron chi connectivity index (χ0n) is 16.6. The summed E-state index contributed by atoms with van der Waals surface area (Å²) in [7, 11) is 1.96. The number of nitrogens with zero attached hydrogens (tertiary/aromatic N) is 2. The number of nitrogens with two attached hydrogens (primary N) is 1. The molecular formula is C20H27N5O4. The Hall–Kier alpha value is -3.01. The quantitative estimate of drug-likeness (QED) is 0.263. The molecule has 0 aliphatic rings. The smallest absolute Gasteiger partial charge is 0.267 e. The zero-order chi connectivity index (χ0) is 21.2. The van der Waals surface area contributed by atoms with E-state index in [4.69, 9.17) is 15.7 Å². The summed E-state index contributed by atoms with van der Waals surface area (Å²) >= 11 is 0. The number of hydrogen-bond acceptors (Lipinski definition) is 7. The Kier molecular flexibility index (Phi) is 8.53. The second-order valence-electron chi connectivity index (χ2n) is 6.34. The fourth-order valence-corrected chi connectivity index (χ4v) is 2.61. The fraction of sp³-hybridized carbons (Fsp3) is 0.350. The lowest BCUT2D eigenvalue weighted by atomic mass is 10.0. The summed E-state index contributed by atoms with van der Waals surface area (Å²) in [4.78, 5) is 30.2. The highest BCUT2D eigenvalue weighted by molar-refractivity contribution is 5.97. The minimum Gasteiger partial charge on any atom is -0.380 e. The third-order valence-corrected chi connectivity index (χ3v) is 4.36. The molecule has 5 N–H and O–H groups in total. The van der Waals surface area contributed by atoms with Crippen LogP contribution in [-0.4, -0.2) is 61.4 Å². The van der Waals surface area contributed by atoms with Crippen LogP contribution in [0.3, 0.4) is 0 Å². The van der Waals surface area contributed by atoms with Gasteiger partial charge in [0.2, 0.25) is 0 Å². The van der Waals surface area contributed by atoms with Gasteiger partial charge >= 0.3 is 0 Å². The van der Waals surface area contributed by atoms with Gasteiger partial charge < -0.3 is 20.7 Å². The molecule has 29 heavy (non-hydrogen) atoms. The Bertz CT molecular complexity index is 796. The summed E-state index contributed by atoms with van der Waals surface area (Å²) in [5, 5.41) is 11.1. The van der Waals surface area contributed by atoms with Crippen LogP contribution in [0.25, 0.3) is 11.1 Å². The maximum Gasteiger partial charge on any atom is 0.267 e. The number of ether oxygens (including phenoxy) is 1. The van der Waals surface area contributed by atoms with Gasteiger partial charge in [-0.2, -0.15) is 0 Å². The van der Waals surface area contributed by atoms with Crippen molar-refractivity contribution in [2.24, 2.45) is 5.73 Å². The lowest BCUT2D eigenvalue weighted by molar-refractivity contribution is -0.130. The van der Waals surface area contributed by atoms with Crippen LogP contribution in [0.2, 0.25) is 0 Å². The number of carbonyl (C=O) groups is 2. The average Bonchev–Trinajstić information content (AvgIpc) is 2.77. The highest BCUT2D eigenvalue weighted by Crippen LogP contribution is 2.21. The van der Waals surface area contributed by atoms with Crippen LogP contribution < -0.4 is 21.4 Å². The molecule has 0 bridgehead atoms. The summed E-state index contributed by atoms with van der Waals surface area (Å²) in [6.07, 6.45) is 1.78. The maximum absolute atomic E-state index is 12.3. The molecule has 9 heteroatoms. The Morgan fingerprint density at radius 3 is 2.45 bits per heavy atom. The molecule has 0 unspecified atom stereocenters. The first-order chi connectivity index (χ1) is 14.0. The second kappa shape index (κ2) is 11.1. The molecule has 0 radical (unpaired) electrons. The molecule has 1 aromatic carbocycles. The molecular weight excluding hydrogens is 374 g/mol. The van der Waals surface area contributed by atoms with Crippen molar-refractivity contribution in [2.75, 3.05) is 38.3 Å². The maximum atomic E-state index is 12.3. The number of likely N-dealkylation sites (N-methyl/N-ethyl adjacent to an activating group) is 1. The average molecular weight is 401 g/mol. The van der Waals surface area contributed by atoms with Gasteiger partial charge in [0.05, 0.1) is 6.61 Å². The molecule has 0 aliphatic heterocycles. The lowest BCUT2D eigenvalue weighted by Gasteiger charge is -2.18. The first-order valence-electron chi connectivity index (χ1n) is 9.30. The molecule has 2 aromatic rings. The van der Waals surface area contributed by atoms with Crippen molar-refractivity contribution < 1.29 is 19.5 Å². The summed E-state index contributed by atoms with van der Waals surface area (Å²) in [6.45, 7) is 3.92. The number of aromatic nitrogens is 1. The van der Waals surface area contributed by atoms with Crippen molar-refractivity contribution in [3.05, 3.63) is 48.2 Å². The third-order valence-electron chi connectivity index (χ3n) is 4.36. The number of hydrogen-bond donors (Lipinski definition) is 4. The zero-order valence-corrected chi connectivity index (χ0v) is 16.6. The van der Waals surface area contributed by atoms with E-state index in [1.807, 2.05) is 31.0 Å². The van der Waals surface area contributed by atoms with Crippen molar-refractivity contribution >= 4 is 17.6 Å². The van der Waals surface area contributed by atoms with Crippen LogP contribution >= 0.6 is 0 Å². The Balaban J connectivity index is 2.02. The van der Waals surface area contributed by atoms with Crippen molar-refractivity contribution in [1.82, 2.24) is 15.8 Å². The van der Waals surface area contributed by atoms with Gasteiger partial charge in [-0.25, -0.2) is 10.5 Å². The van der Waals surface area contributed by atoms with E-state index in [1.165, 1.54) is 5.48 Å². The number of anilines is 1. The van der Waals surface area contributed by atoms with Gasteiger partial charge in [0.15, 0.2) is 0 Å². The molecule has 2 amide bonds. The van der Waals surface area contributed by atoms with Crippen LogP contribution in [0, 0.1) is 0 Å². The van der Waals surface area contributed by atoms with Crippen LogP contribution in [0.4, 0.5) is 5.82 Å². The Labute approximate surface area is 169 Å². The van der Waals surface area contributed by atoms with Gasteiger partial charge in [-0.15, -0.1) is 0 Å². The van der Waals surface area contributed by atoms with E-state index >= 15 is 0 Å². The first kappa shape index (κ1) is 22.3. The molecule has 1 aromatic heterocycles. The molecule has 1 atom stereocenters. The lowest BCUT2D eigenvalue weighted by Crippen LogP contribution is -2.50. The third kappa shape index (κ3) is 6.24. The fourth-order valence-electron chi connectivity index (χ4n) is 2.61. The van der Waals surface area contributed by atoms with E-state index in [0.29, 0.717) is 18.8 Å². The van der Waals surface area contributed by atoms with E-state index in [0.717, 1.165) is 23.5 Å². The normalized spacial score (nSPS) is 11.6. The van der Waals surface area contributed by atoms with Crippen LogP contribution in [0.15, 0.2) is 42.6 Å². The number of nitrogens with one attached hydrogen (secondary N) is 2. The number of rotatable bonds is 10. The molecule has 0 saturated carbocycles. The molecule has 1 heterocycles. The van der Waals surface area contributed by atoms with E-state index in [9.17, 15) is 9.59 Å². The SMILES string of the molecule is CCOCCN(C)c1ccc(-c2ccc(C(=O)N[C@@H](CN)C(=O)NO)cc2)cn1. The van der Waals surface area contributed by atoms with Crippen LogP contribution in [0.5, 0.6) is 0 Å². The standard InChI is InChI=1S/C20H27N5O4/c1-3-29-11-10-25(2)18-9-8-16(13-22-18)14-4-6-15(7-5-14)19(26)23-17(12-21)20(27)24-28/h4-9,13,17,28H,3,10-12,21H2,1-2H3,(H,23,26)(H,24,27)/t17-/m0/s1. The van der Waals surface area contributed by atoms with Crippen molar-refractivity contribution in [3.8, 4) is 11.1 Å². The Morgan fingerprint density at radius 2 is 1.90 bits per heavy atom. The molecule has 2 rings (SSSR count). The predicted molar refractivity (Wildman–Crippen MR) is 110 cm³/mol. The van der Waals surface area contributed by atoms with Crippen molar-refractivity contribution in [1.29, 1.82) is 0 Å². The molecule has 0 fully saturated rings. The minimum atomic E-state index is -1.01. The van der Waals surface area contributed by atoms with E-state index in [1.54, 1.807) is 30.5 Å². The molecule has 0 spiro atoms. The highest BCUT2D eigenvalue weighted by atomic mass is 16.5. The molecule has 156 valence electrons. The van der Waals surface area contributed by atoms with Crippen molar-refractivity contribution in [2.45, 2.75) is 13.0 Å². The first-order valence-corrected chi connectivity index (χ1v) is 9.30. The highest BCUT2D eigenvalue weighted by Gasteiger charge is 2.19. The number of pyridine rings is 1. The monoisotopic (exact) mass is 401 g/mol. The minimum absolute atomic E-state index is 0.132. The summed E-state index contributed by atoms with van der Waals surface area (Å²) in [5.74, 6) is -0.380. The number of amides is 2. The van der Waals surface area contributed by atoms with Gasteiger partial charge in [-0.1, -0.05) is 12.1 Å². The van der Waals surface area contributed by atoms with E-state index < -0.39 is 17.9 Å². The van der Waals surface area contributed by atoms with Gasteiger partial charge in [0, 0.05) is 44.1 Å². The number of carbonyl (C=O) groups excluding carboxylic acids is 2. The molecule has 0 aliphatic carbocycles. The Morgan fingerprint density at radius 1 is 1.21 bits per heavy atom. The van der Waals surface area contributed by atoms with Gasteiger partial charge in [-0.05, 0) is 36.8 Å². The summed E-state index contributed by atoms with van der Waals surface area (Å²) in [5.41, 5.74) is 9.11. The van der Waals surface area contributed by atoms with Gasteiger partial charge in [0.1, 0.15) is 11.9 Å². The van der Waals surface area contributed by atoms with Crippen molar-refractivity contribution in [3.63, 3.8) is 0 Å². The number of hydroxylamine groups is 1. The second-order valence-corrected chi connectivity index (χ2v) is 6.34. The molecule has 0 saturated heterocycles. The topological polar surface area (TPSA) is 130 Å². The van der Waals surface area contributed by atoms with Crippen LogP contribution in [-0.2, 0) is 9.53 Å². The number of benzene rings is 1. The summed E-state index contributed by atoms with van der Waals surface area (Å²) < 4.78 is 5.36. The largest absolute Gasteiger partial charge is 0.380 e. The molecule has 9 nitrogen and oxygen atoms in total.